The standard InChI is InChI=1S/C18H17NO3.C7H9F/c1-19-10-11(9-16(19)20)12-7-8-15(21-2)18-17(12)13-5-3-4-6-14(13)22-18;1-3-4-5-6-7(2)8/h3-8,11H,9-10H2,1-2H3;3-6H,2H2,1H3/b;4-3-,6-5-. The van der Waals surface area contributed by atoms with Crippen molar-refractivity contribution in [3.05, 3.63) is 78.7 Å². The molecule has 0 radical (unpaired) electrons. The second kappa shape index (κ2) is 9.44. The van der Waals surface area contributed by atoms with Crippen LogP contribution in [0.1, 0.15) is 24.8 Å². The molecular formula is C25H26FNO3. The predicted molar refractivity (Wildman–Crippen MR) is 119 cm³/mol. The topological polar surface area (TPSA) is 42.7 Å². The fourth-order valence-electron chi connectivity index (χ4n) is 3.67. The van der Waals surface area contributed by atoms with Crippen LogP contribution in [-0.2, 0) is 4.79 Å². The summed E-state index contributed by atoms with van der Waals surface area (Å²) in [5.41, 5.74) is 2.78. The van der Waals surface area contributed by atoms with Gasteiger partial charge < -0.3 is 14.1 Å². The molecular weight excluding hydrogens is 381 g/mol. The number of allylic oxidation sites excluding steroid dienone is 5. The van der Waals surface area contributed by atoms with Gasteiger partial charge in [0.1, 0.15) is 11.4 Å². The molecule has 5 heteroatoms. The van der Waals surface area contributed by atoms with Gasteiger partial charge in [-0.1, -0.05) is 49.1 Å². The van der Waals surface area contributed by atoms with Gasteiger partial charge in [-0.15, -0.1) is 0 Å². The SMILES string of the molecule is C=C(F)/C=C\C=C/C.COc1ccc(C2CC(=O)N(C)C2)c2c1oc1ccccc12. The van der Waals surface area contributed by atoms with E-state index in [0.29, 0.717) is 6.42 Å². The quantitative estimate of drug-likeness (QED) is 0.488. The summed E-state index contributed by atoms with van der Waals surface area (Å²) >= 11 is 0. The van der Waals surface area contributed by atoms with E-state index >= 15 is 0 Å². The van der Waals surface area contributed by atoms with Crippen molar-refractivity contribution in [1.29, 1.82) is 0 Å². The maximum absolute atomic E-state index is 11.9. The summed E-state index contributed by atoms with van der Waals surface area (Å²) in [6.45, 7) is 5.66. The van der Waals surface area contributed by atoms with Gasteiger partial charge in [0.05, 0.1) is 7.11 Å². The molecule has 1 fully saturated rings. The van der Waals surface area contributed by atoms with E-state index in [1.165, 1.54) is 11.6 Å². The highest BCUT2D eigenvalue weighted by molar-refractivity contribution is 6.09. The van der Waals surface area contributed by atoms with Crippen LogP contribution in [0.5, 0.6) is 5.75 Å². The second-order valence-electron chi connectivity index (χ2n) is 7.17. The Labute approximate surface area is 175 Å². The first-order valence-electron chi connectivity index (χ1n) is 9.82. The average molecular weight is 407 g/mol. The van der Waals surface area contributed by atoms with E-state index in [2.05, 4.69) is 18.7 Å². The Kier molecular flexibility index (Phi) is 6.72. The number of methoxy groups -OCH3 is 1. The summed E-state index contributed by atoms with van der Waals surface area (Å²) in [7, 11) is 3.50. The van der Waals surface area contributed by atoms with Gasteiger partial charge in [0.2, 0.25) is 5.91 Å². The van der Waals surface area contributed by atoms with Gasteiger partial charge in [0.15, 0.2) is 11.3 Å². The fourth-order valence-corrected chi connectivity index (χ4v) is 3.67. The maximum atomic E-state index is 11.9. The number of furan rings is 1. The lowest BCUT2D eigenvalue weighted by molar-refractivity contribution is -0.126. The molecule has 1 atom stereocenters. The van der Waals surface area contributed by atoms with Crippen LogP contribution in [0, 0.1) is 0 Å². The molecule has 1 unspecified atom stereocenters. The first-order valence-corrected chi connectivity index (χ1v) is 9.82. The number of carbonyl (C=O) groups excluding carboxylic acids is 1. The first kappa shape index (κ1) is 21.4. The number of ether oxygens (including phenoxy) is 1. The Morgan fingerprint density at radius 3 is 2.67 bits per heavy atom. The Balaban J connectivity index is 0.000000275. The third-order valence-corrected chi connectivity index (χ3v) is 5.10. The number of hydrogen-bond donors (Lipinski definition) is 0. The predicted octanol–water partition coefficient (Wildman–Crippen LogP) is 6.14. The third kappa shape index (κ3) is 4.46. The van der Waals surface area contributed by atoms with E-state index in [1.807, 2.05) is 44.3 Å². The number of para-hydroxylation sites is 1. The summed E-state index contributed by atoms with van der Waals surface area (Å²) < 4.78 is 23.2. The molecule has 1 aliphatic heterocycles. The number of carbonyl (C=O) groups is 1. The molecule has 1 aliphatic rings. The van der Waals surface area contributed by atoms with E-state index in [1.54, 1.807) is 24.2 Å². The van der Waals surface area contributed by atoms with Crippen molar-refractivity contribution in [3.63, 3.8) is 0 Å². The van der Waals surface area contributed by atoms with Crippen molar-refractivity contribution in [1.82, 2.24) is 4.90 Å². The van der Waals surface area contributed by atoms with Gasteiger partial charge in [-0.05, 0) is 30.7 Å². The van der Waals surface area contributed by atoms with Crippen LogP contribution in [0.25, 0.3) is 21.9 Å². The van der Waals surface area contributed by atoms with E-state index in [-0.39, 0.29) is 11.8 Å². The summed E-state index contributed by atoms with van der Waals surface area (Å²) in [6, 6.07) is 12.0. The summed E-state index contributed by atoms with van der Waals surface area (Å²) in [4.78, 5) is 13.7. The van der Waals surface area contributed by atoms with E-state index in [4.69, 9.17) is 9.15 Å². The number of benzene rings is 2. The average Bonchev–Trinajstić information content (AvgIpc) is 3.28. The molecule has 30 heavy (non-hydrogen) atoms. The zero-order valence-electron chi connectivity index (χ0n) is 17.5. The largest absolute Gasteiger partial charge is 0.493 e. The van der Waals surface area contributed by atoms with Crippen LogP contribution in [0.2, 0.25) is 0 Å². The minimum atomic E-state index is -0.414. The highest BCUT2D eigenvalue weighted by atomic mass is 19.1. The van der Waals surface area contributed by atoms with Gasteiger partial charge >= 0.3 is 0 Å². The van der Waals surface area contributed by atoms with Crippen molar-refractivity contribution in [3.8, 4) is 5.75 Å². The fraction of sp³-hybridized carbons (Fsp3) is 0.240. The van der Waals surface area contributed by atoms with Crippen LogP contribution >= 0.6 is 0 Å². The molecule has 0 aliphatic carbocycles. The van der Waals surface area contributed by atoms with Crippen molar-refractivity contribution in [2.45, 2.75) is 19.3 Å². The van der Waals surface area contributed by atoms with Crippen molar-refractivity contribution >= 4 is 27.8 Å². The molecule has 3 aromatic rings. The van der Waals surface area contributed by atoms with Gasteiger partial charge in [0.25, 0.3) is 0 Å². The minimum absolute atomic E-state index is 0.196. The van der Waals surface area contributed by atoms with Crippen LogP contribution in [0.15, 0.2) is 77.5 Å². The van der Waals surface area contributed by atoms with Crippen LogP contribution in [0.4, 0.5) is 4.39 Å². The molecule has 0 N–H and O–H groups in total. The maximum Gasteiger partial charge on any atom is 0.223 e. The lowest BCUT2D eigenvalue weighted by Gasteiger charge is -2.13. The monoisotopic (exact) mass is 407 g/mol. The zero-order valence-corrected chi connectivity index (χ0v) is 17.5. The number of fused-ring (bicyclic) bond motifs is 3. The first-order chi connectivity index (χ1) is 14.5. The van der Waals surface area contributed by atoms with Gasteiger partial charge in [-0.25, -0.2) is 4.39 Å². The molecule has 0 bridgehead atoms. The third-order valence-electron chi connectivity index (χ3n) is 5.10. The minimum Gasteiger partial charge on any atom is -0.493 e. The smallest absolute Gasteiger partial charge is 0.223 e. The number of nitrogens with zero attached hydrogens (tertiary/aromatic N) is 1. The Hall–Kier alpha value is -3.34. The van der Waals surface area contributed by atoms with Gasteiger partial charge in [-0.2, -0.15) is 0 Å². The number of halogens is 1. The highest BCUT2D eigenvalue weighted by Gasteiger charge is 2.30. The molecule has 0 saturated carbocycles. The molecule has 4 nitrogen and oxygen atoms in total. The van der Waals surface area contributed by atoms with Crippen LogP contribution in [-0.4, -0.2) is 31.5 Å². The van der Waals surface area contributed by atoms with Crippen molar-refractivity contribution in [2.24, 2.45) is 0 Å². The Morgan fingerprint density at radius 1 is 1.27 bits per heavy atom. The normalized spacial score (nSPS) is 16.6. The molecule has 1 saturated heterocycles. The number of amides is 1. The summed E-state index contributed by atoms with van der Waals surface area (Å²) in [5, 5.41) is 2.15. The lowest BCUT2D eigenvalue weighted by Crippen LogP contribution is -2.18. The van der Waals surface area contributed by atoms with E-state index < -0.39 is 5.83 Å². The van der Waals surface area contributed by atoms with Crippen LogP contribution in [0.3, 0.4) is 0 Å². The number of rotatable bonds is 4. The molecule has 156 valence electrons. The molecule has 2 heterocycles. The number of likely N-dealkylation sites (N-methyl/N-ethyl adjacent to an activating group) is 1. The van der Waals surface area contributed by atoms with E-state index in [9.17, 15) is 9.18 Å². The van der Waals surface area contributed by atoms with Crippen molar-refractivity contribution in [2.75, 3.05) is 20.7 Å². The van der Waals surface area contributed by atoms with Gasteiger partial charge in [0, 0.05) is 36.7 Å². The van der Waals surface area contributed by atoms with E-state index in [0.717, 1.165) is 34.2 Å². The van der Waals surface area contributed by atoms with Gasteiger partial charge in [-0.3, -0.25) is 4.79 Å². The second-order valence-corrected chi connectivity index (χ2v) is 7.17. The Bertz CT molecular complexity index is 1130. The zero-order chi connectivity index (χ0) is 21.7. The summed E-state index contributed by atoms with van der Waals surface area (Å²) in [5.74, 6) is 0.712. The lowest BCUT2D eigenvalue weighted by atomic mass is 9.93. The van der Waals surface area contributed by atoms with Crippen LogP contribution < -0.4 is 4.74 Å². The molecule has 4 rings (SSSR count). The molecule has 1 amide bonds. The number of likely N-dealkylation sites (tertiary alicyclic amines) is 1. The molecule has 0 spiro atoms. The number of hydrogen-bond acceptors (Lipinski definition) is 3. The molecule has 2 aromatic carbocycles. The highest BCUT2D eigenvalue weighted by Crippen LogP contribution is 2.41. The van der Waals surface area contributed by atoms with Crippen molar-refractivity contribution < 1.29 is 18.3 Å². The Morgan fingerprint density at radius 2 is 2.03 bits per heavy atom. The molecule has 1 aromatic heterocycles. The summed E-state index contributed by atoms with van der Waals surface area (Å²) in [6.07, 6.45) is 7.02.